The van der Waals surface area contributed by atoms with Crippen molar-refractivity contribution < 1.29 is 0 Å². The molecule has 1 saturated heterocycles. The molecule has 0 aromatic carbocycles. The van der Waals surface area contributed by atoms with E-state index in [0.29, 0.717) is 6.04 Å². The number of rotatable bonds is 0. The van der Waals surface area contributed by atoms with Crippen LogP contribution in [0.3, 0.4) is 0 Å². The van der Waals surface area contributed by atoms with Crippen LogP contribution in [0.1, 0.15) is 26.2 Å². The molecule has 0 spiro atoms. The number of piperidine rings is 1. The molecule has 3 nitrogen and oxygen atoms in total. The molecule has 16 heavy (non-hydrogen) atoms. The fourth-order valence-corrected chi connectivity index (χ4v) is 3.65. The van der Waals surface area contributed by atoms with E-state index in [0.717, 1.165) is 11.8 Å². The van der Waals surface area contributed by atoms with Crippen LogP contribution in [0.4, 0.5) is 0 Å². The Labute approximate surface area is 98.5 Å². The van der Waals surface area contributed by atoms with Gasteiger partial charge in [-0.2, -0.15) is 0 Å². The van der Waals surface area contributed by atoms with Crippen molar-refractivity contribution in [2.45, 2.75) is 32.2 Å². The van der Waals surface area contributed by atoms with E-state index in [-0.39, 0.29) is 0 Å². The Hall–Kier alpha value is -0.540. The van der Waals surface area contributed by atoms with E-state index in [1.54, 1.807) is 11.3 Å². The number of hydrogen-bond acceptors (Lipinski definition) is 3. The Balaban J connectivity index is 1.80. The molecule has 2 aliphatic heterocycles. The number of nitrogens with one attached hydrogen (secondary N) is 1. The van der Waals surface area contributed by atoms with E-state index >= 15 is 0 Å². The zero-order valence-electron chi connectivity index (χ0n) is 10.7. The lowest BCUT2D eigenvalue weighted by Crippen LogP contribution is -2.40. The minimum absolute atomic E-state index is 0.600. The second kappa shape index (κ2) is 3.74. The number of likely N-dealkylation sites (N-methyl/N-ethyl adjacent to an activating group) is 1. The number of nitrogens with zero attached hydrogens (tertiary/aromatic N) is 2. The largest absolute Gasteiger partial charge is 0.323 e. The number of hydrogen-bond donors (Lipinski definition) is 1. The predicted molar refractivity (Wildman–Crippen MR) is 65.7 cm³/mol. The van der Waals surface area contributed by atoms with E-state index < -0.39 is 0 Å². The summed E-state index contributed by atoms with van der Waals surface area (Å²) >= 11 is 0. The first-order valence-corrected chi connectivity index (χ1v) is 6.55. The van der Waals surface area contributed by atoms with Crippen LogP contribution in [-0.4, -0.2) is 43.1 Å². The maximum atomic E-state index is 3.55. The SMILES string of the molecule is CC1C2=C(C[C@@H]3CCN(C)C[C@H]3C2)NN1C. The maximum absolute atomic E-state index is 3.55. The van der Waals surface area contributed by atoms with E-state index in [1.165, 1.54) is 32.4 Å². The van der Waals surface area contributed by atoms with Crippen LogP contribution in [0.15, 0.2) is 11.3 Å². The van der Waals surface area contributed by atoms with Gasteiger partial charge in [-0.1, -0.05) is 0 Å². The van der Waals surface area contributed by atoms with Crippen LogP contribution in [0.25, 0.3) is 0 Å². The Morgan fingerprint density at radius 1 is 1.19 bits per heavy atom. The Bertz CT molecular complexity index is 323. The molecule has 0 radical (unpaired) electrons. The lowest BCUT2D eigenvalue weighted by atomic mass is 9.73. The average Bonchev–Trinajstić information content (AvgIpc) is 2.52. The monoisotopic (exact) mass is 221 g/mol. The fourth-order valence-electron chi connectivity index (χ4n) is 3.65. The lowest BCUT2D eigenvalue weighted by Gasteiger charge is -2.40. The van der Waals surface area contributed by atoms with Crippen molar-refractivity contribution in [1.29, 1.82) is 0 Å². The molecule has 3 rings (SSSR count). The van der Waals surface area contributed by atoms with Gasteiger partial charge in [-0.05, 0) is 57.2 Å². The normalized spacial score (nSPS) is 40.6. The summed E-state index contributed by atoms with van der Waals surface area (Å²) in [5, 5.41) is 2.27. The van der Waals surface area contributed by atoms with Crippen LogP contribution in [0.5, 0.6) is 0 Å². The van der Waals surface area contributed by atoms with Crippen molar-refractivity contribution in [2.75, 3.05) is 27.2 Å². The summed E-state index contributed by atoms with van der Waals surface area (Å²) in [5.74, 6) is 1.84. The number of allylic oxidation sites excluding steroid dienone is 1. The molecule has 1 unspecified atom stereocenters. The molecular weight excluding hydrogens is 198 g/mol. The molecule has 90 valence electrons. The second-order valence-electron chi connectivity index (χ2n) is 5.88. The molecule has 1 aliphatic carbocycles. The van der Waals surface area contributed by atoms with Gasteiger partial charge in [0.1, 0.15) is 0 Å². The van der Waals surface area contributed by atoms with Crippen molar-refractivity contribution >= 4 is 0 Å². The first-order chi connectivity index (χ1) is 7.65. The zero-order chi connectivity index (χ0) is 11.3. The average molecular weight is 221 g/mol. The molecule has 2 heterocycles. The topological polar surface area (TPSA) is 18.5 Å². The third-order valence-corrected chi connectivity index (χ3v) is 4.83. The van der Waals surface area contributed by atoms with Gasteiger partial charge < -0.3 is 10.3 Å². The number of likely N-dealkylation sites (tertiary alicyclic amines) is 1. The third kappa shape index (κ3) is 1.57. The zero-order valence-corrected chi connectivity index (χ0v) is 10.7. The van der Waals surface area contributed by atoms with Crippen molar-refractivity contribution in [1.82, 2.24) is 15.3 Å². The summed E-state index contributed by atoms with van der Waals surface area (Å²) in [4.78, 5) is 2.50. The summed E-state index contributed by atoms with van der Waals surface area (Å²) in [6, 6.07) is 0.600. The van der Waals surface area contributed by atoms with Crippen LogP contribution in [0.2, 0.25) is 0 Å². The summed E-state index contributed by atoms with van der Waals surface area (Å²) in [6.07, 6.45) is 4.00. The highest BCUT2D eigenvalue weighted by Crippen LogP contribution is 2.41. The van der Waals surface area contributed by atoms with Crippen LogP contribution >= 0.6 is 0 Å². The van der Waals surface area contributed by atoms with Gasteiger partial charge in [-0.3, -0.25) is 0 Å². The van der Waals surface area contributed by atoms with Crippen molar-refractivity contribution in [2.24, 2.45) is 11.8 Å². The van der Waals surface area contributed by atoms with E-state index in [1.807, 2.05) is 0 Å². The molecule has 0 bridgehead atoms. The number of hydrazine groups is 1. The molecule has 3 atom stereocenters. The minimum atomic E-state index is 0.600. The highest BCUT2D eigenvalue weighted by Gasteiger charge is 2.38. The first kappa shape index (κ1) is 10.6. The summed E-state index contributed by atoms with van der Waals surface area (Å²) in [6.45, 7) is 4.91. The quantitative estimate of drug-likeness (QED) is 0.668. The van der Waals surface area contributed by atoms with Crippen LogP contribution in [-0.2, 0) is 0 Å². The van der Waals surface area contributed by atoms with Gasteiger partial charge in [-0.15, -0.1) is 0 Å². The third-order valence-electron chi connectivity index (χ3n) is 4.83. The molecule has 3 aliphatic rings. The molecule has 1 N–H and O–H groups in total. The fraction of sp³-hybridized carbons (Fsp3) is 0.846. The van der Waals surface area contributed by atoms with E-state index in [4.69, 9.17) is 0 Å². The van der Waals surface area contributed by atoms with Gasteiger partial charge >= 0.3 is 0 Å². The first-order valence-electron chi connectivity index (χ1n) is 6.55. The molecule has 0 aromatic heterocycles. The van der Waals surface area contributed by atoms with E-state index in [9.17, 15) is 0 Å². The number of fused-ring (bicyclic) bond motifs is 1. The molecule has 0 aromatic rings. The Kier molecular flexibility index (Phi) is 2.48. The predicted octanol–water partition coefficient (Wildman–Crippen LogP) is 1.44. The molecule has 0 saturated carbocycles. The lowest BCUT2D eigenvalue weighted by molar-refractivity contribution is 0.133. The van der Waals surface area contributed by atoms with Gasteiger partial charge in [-0.25, -0.2) is 5.01 Å². The Morgan fingerprint density at radius 3 is 2.81 bits per heavy atom. The van der Waals surface area contributed by atoms with Crippen molar-refractivity contribution in [3.8, 4) is 0 Å². The van der Waals surface area contributed by atoms with Gasteiger partial charge in [0.25, 0.3) is 0 Å². The van der Waals surface area contributed by atoms with Crippen LogP contribution < -0.4 is 5.43 Å². The van der Waals surface area contributed by atoms with Gasteiger partial charge in [0.15, 0.2) is 0 Å². The van der Waals surface area contributed by atoms with E-state index in [2.05, 4.69) is 36.4 Å². The highest BCUT2D eigenvalue weighted by molar-refractivity contribution is 5.26. The van der Waals surface area contributed by atoms with Crippen molar-refractivity contribution in [3.05, 3.63) is 11.3 Å². The minimum Gasteiger partial charge on any atom is -0.323 e. The highest BCUT2D eigenvalue weighted by atomic mass is 15.5. The van der Waals surface area contributed by atoms with Crippen molar-refractivity contribution in [3.63, 3.8) is 0 Å². The Morgan fingerprint density at radius 2 is 2.00 bits per heavy atom. The summed E-state index contributed by atoms with van der Waals surface area (Å²) < 4.78 is 0. The second-order valence-corrected chi connectivity index (χ2v) is 5.88. The molecule has 0 amide bonds. The van der Waals surface area contributed by atoms with Gasteiger partial charge in [0, 0.05) is 25.3 Å². The van der Waals surface area contributed by atoms with Crippen LogP contribution in [0, 0.1) is 11.8 Å². The standard InChI is InChI=1S/C13H23N3/c1-9-12-6-11-8-15(2)5-4-10(11)7-13(12)14-16(9)3/h9-11,14H,4-8H2,1-3H3/t9?,10-,11+/m0/s1. The summed E-state index contributed by atoms with van der Waals surface area (Å²) in [5.41, 5.74) is 6.77. The molecule has 1 fully saturated rings. The smallest absolute Gasteiger partial charge is 0.0489 e. The van der Waals surface area contributed by atoms with Gasteiger partial charge in [0.2, 0.25) is 0 Å². The summed E-state index contributed by atoms with van der Waals surface area (Å²) in [7, 11) is 4.43. The molecular formula is C13H23N3. The molecule has 3 heteroatoms. The van der Waals surface area contributed by atoms with Gasteiger partial charge in [0.05, 0.1) is 0 Å². The maximum Gasteiger partial charge on any atom is 0.0489 e.